The first-order valence-corrected chi connectivity index (χ1v) is 5.01. The Morgan fingerprint density at radius 3 is 2.00 bits per heavy atom. The van der Waals surface area contributed by atoms with Gasteiger partial charge in [-0.3, -0.25) is 4.79 Å². The van der Waals surface area contributed by atoms with Crippen molar-refractivity contribution in [3.05, 3.63) is 0 Å². The van der Waals surface area contributed by atoms with Crippen molar-refractivity contribution in [1.29, 1.82) is 0 Å². The maximum atomic E-state index is 10.6. The molecule has 7 heteroatoms. The lowest BCUT2D eigenvalue weighted by molar-refractivity contribution is -0.141. The highest BCUT2D eigenvalue weighted by Gasteiger charge is 2.25. The van der Waals surface area contributed by atoms with Crippen molar-refractivity contribution < 1.29 is 23.4 Å². The van der Waals surface area contributed by atoms with Crippen LogP contribution in [0.3, 0.4) is 0 Å². The molecule has 0 aromatic heterocycles. The molecule has 0 radical (unpaired) electrons. The average Bonchev–Trinajstić information content (AvgIpc) is 1.79. The maximum Gasteiger partial charge on any atom is 0.324 e. The van der Waals surface area contributed by atoms with Crippen LogP contribution >= 0.6 is 0 Å². The van der Waals surface area contributed by atoms with E-state index < -0.39 is 28.1 Å². The fraction of sp³-hybridized carbons (Fsp3) is 0.800. The van der Waals surface area contributed by atoms with E-state index in [1.54, 1.807) is 4.72 Å². The molecule has 0 fully saturated rings. The summed E-state index contributed by atoms with van der Waals surface area (Å²) < 4.78 is 22.9. The molecule has 0 aliphatic carbocycles. The summed E-state index contributed by atoms with van der Waals surface area (Å²) >= 11 is 0. The molecular formula is C5H11NO5S. The minimum atomic E-state index is -3.60. The van der Waals surface area contributed by atoms with E-state index in [-0.39, 0.29) is 0 Å². The maximum absolute atomic E-state index is 10.6. The molecule has 0 aromatic rings. The molecule has 0 amide bonds. The van der Waals surface area contributed by atoms with Gasteiger partial charge in [0.05, 0.1) is 12.4 Å². The van der Waals surface area contributed by atoms with Crippen molar-refractivity contribution in [1.82, 2.24) is 4.72 Å². The molecule has 0 aliphatic rings. The molecule has 0 bridgehead atoms. The Balaban J connectivity index is 4.46. The van der Waals surface area contributed by atoms with E-state index in [4.69, 9.17) is 10.2 Å². The Kier molecular flexibility index (Phi) is 3.62. The van der Waals surface area contributed by atoms with E-state index >= 15 is 0 Å². The first-order chi connectivity index (χ1) is 5.24. The highest BCUT2D eigenvalue weighted by atomic mass is 32.2. The lowest BCUT2D eigenvalue weighted by Gasteiger charge is -2.14. The highest BCUT2D eigenvalue weighted by Crippen LogP contribution is 1.94. The molecule has 72 valence electrons. The van der Waals surface area contributed by atoms with Crippen LogP contribution in [0.2, 0.25) is 0 Å². The van der Waals surface area contributed by atoms with Gasteiger partial charge >= 0.3 is 5.97 Å². The summed E-state index contributed by atoms with van der Waals surface area (Å²) in [4.78, 5) is 10.3. The number of aliphatic hydroxyl groups excluding tert-OH is 1. The van der Waals surface area contributed by atoms with Crippen molar-refractivity contribution in [2.24, 2.45) is 0 Å². The van der Waals surface area contributed by atoms with Gasteiger partial charge in [0.15, 0.2) is 0 Å². The predicted octanol–water partition coefficient (Wildman–Crippen LogP) is -1.63. The van der Waals surface area contributed by atoms with Crippen LogP contribution in [0, 0.1) is 0 Å². The van der Waals surface area contributed by atoms with Gasteiger partial charge in [0.2, 0.25) is 10.0 Å². The van der Waals surface area contributed by atoms with Crippen LogP contribution in [0.15, 0.2) is 0 Å². The number of aliphatic hydroxyl groups is 1. The van der Waals surface area contributed by atoms with Crippen LogP contribution < -0.4 is 4.72 Å². The second kappa shape index (κ2) is 3.83. The van der Waals surface area contributed by atoms with E-state index in [9.17, 15) is 13.2 Å². The Hall–Kier alpha value is -0.660. The summed E-state index contributed by atoms with van der Waals surface area (Å²) in [5.41, 5.74) is 0. The first-order valence-electron chi connectivity index (χ1n) is 3.12. The first kappa shape index (κ1) is 11.3. The molecule has 12 heavy (non-hydrogen) atoms. The van der Waals surface area contributed by atoms with E-state index in [0.717, 1.165) is 6.26 Å². The van der Waals surface area contributed by atoms with Crippen LogP contribution in [-0.2, 0) is 14.8 Å². The average molecular weight is 197 g/mol. The summed E-state index contributed by atoms with van der Waals surface area (Å²) in [6.45, 7) is 1.19. The van der Waals surface area contributed by atoms with Crippen molar-refractivity contribution >= 4 is 16.0 Å². The van der Waals surface area contributed by atoms with Gasteiger partial charge < -0.3 is 10.2 Å². The van der Waals surface area contributed by atoms with E-state index in [1.807, 2.05) is 0 Å². The van der Waals surface area contributed by atoms with Gasteiger partial charge in [-0.1, -0.05) is 0 Å². The summed E-state index contributed by atoms with van der Waals surface area (Å²) in [7, 11) is -3.60. The number of sulfonamides is 1. The van der Waals surface area contributed by atoms with Gasteiger partial charge in [-0.05, 0) is 6.92 Å². The number of hydrogen-bond donors (Lipinski definition) is 3. The van der Waals surface area contributed by atoms with Gasteiger partial charge in [0, 0.05) is 0 Å². The molecule has 1 unspecified atom stereocenters. The lowest BCUT2D eigenvalue weighted by Crippen LogP contribution is -2.47. The van der Waals surface area contributed by atoms with Crippen molar-refractivity contribution in [3.63, 3.8) is 0 Å². The number of aliphatic carboxylic acids is 1. The second-order valence-electron chi connectivity index (χ2n) is 2.45. The molecule has 0 saturated heterocycles. The molecule has 0 rings (SSSR count). The molecule has 3 N–H and O–H groups in total. The fourth-order valence-electron chi connectivity index (χ4n) is 0.586. The monoisotopic (exact) mass is 197 g/mol. The van der Waals surface area contributed by atoms with E-state index in [1.165, 1.54) is 6.92 Å². The van der Waals surface area contributed by atoms with Crippen LogP contribution in [0.5, 0.6) is 0 Å². The Morgan fingerprint density at radius 2 is 1.92 bits per heavy atom. The molecule has 2 atom stereocenters. The van der Waals surface area contributed by atoms with Crippen molar-refractivity contribution in [2.75, 3.05) is 6.26 Å². The minimum Gasteiger partial charge on any atom is -0.480 e. The largest absolute Gasteiger partial charge is 0.480 e. The second-order valence-corrected chi connectivity index (χ2v) is 4.23. The highest BCUT2D eigenvalue weighted by molar-refractivity contribution is 7.88. The van der Waals surface area contributed by atoms with E-state index in [0.29, 0.717) is 0 Å². The third-order valence-electron chi connectivity index (χ3n) is 1.09. The number of hydrogen-bond acceptors (Lipinski definition) is 4. The van der Waals surface area contributed by atoms with Gasteiger partial charge in [-0.2, -0.15) is 4.72 Å². The number of rotatable bonds is 4. The van der Waals surface area contributed by atoms with Gasteiger partial charge in [-0.15, -0.1) is 0 Å². The molecule has 0 aromatic carbocycles. The lowest BCUT2D eigenvalue weighted by atomic mass is 10.2. The third kappa shape index (κ3) is 4.27. The Bertz CT molecular complexity index is 257. The molecule has 0 heterocycles. The quantitative estimate of drug-likeness (QED) is 0.502. The summed E-state index contributed by atoms with van der Waals surface area (Å²) in [5.74, 6) is -1.41. The number of carboxylic acids is 1. The van der Waals surface area contributed by atoms with Crippen molar-refractivity contribution in [3.8, 4) is 0 Å². The Labute approximate surface area is 70.3 Å². The number of carboxylic acid groups (broad SMARTS) is 1. The fourth-order valence-corrected chi connectivity index (χ4v) is 1.34. The van der Waals surface area contributed by atoms with Crippen LogP contribution in [0.4, 0.5) is 0 Å². The van der Waals surface area contributed by atoms with E-state index in [2.05, 4.69) is 0 Å². The smallest absolute Gasteiger partial charge is 0.324 e. The number of carbonyl (C=O) groups is 1. The van der Waals surface area contributed by atoms with Crippen molar-refractivity contribution in [2.45, 2.75) is 19.1 Å². The predicted molar refractivity (Wildman–Crippen MR) is 41.1 cm³/mol. The molecule has 0 aliphatic heterocycles. The zero-order valence-corrected chi connectivity index (χ0v) is 7.50. The topological polar surface area (TPSA) is 104 Å². The molecule has 6 nitrogen and oxygen atoms in total. The zero-order valence-electron chi connectivity index (χ0n) is 6.68. The normalized spacial score (nSPS) is 16.9. The van der Waals surface area contributed by atoms with Crippen LogP contribution in [0.25, 0.3) is 0 Å². The summed E-state index contributed by atoms with van der Waals surface area (Å²) in [6, 6.07) is -1.49. The molecular weight excluding hydrogens is 186 g/mol. The molecule has 0 spiro atoms. The number of nitrogens with one attached hydrogen (secondary N) is 1. The summed E-state index contributed by atoms with van der Waals surface area (Å²) in [6.07, 6.45) is -0.442. The summed E-state index contributed by atoms with van der Waals surface area (Å²) in [5, 5.41) is 17.3. The standard InChI is InChI=1S/C5H11NO5S/c1-3(7)4(5(8)9)6-12(2,10)11/h3-4,6-7H,1-2H3,(H,8,9)/t3?,4-/m0/s1. The Morgan fingerprint density at radius 1 is 1.50 bits per heavy atom. The van der Waals surface area contributed by atoms with Gasteiger partial charge in [0.1, 0.15) is 6.04 Å². The molecule has 0 saturated carbocycles. The third-order valence-corrected chi connectivity index (χ3v) is 1.77. The zero-order chi connectivity index (χ0) is 9.94. The van der Waals surface area contributed by atoms with Gasteiger partial charge in [-0.25, -0.2) is 8.42 Å². The van der Waals surface area contributed by atoms with Crippen LogP contribution in [-0.4, -0.2) is 43.0 Å². The minimum absolute atomic E-state index is 0.825. The van der Waals surface area contributed by atoms with Gasteiger partial charge in [0.25, 0.3) is 0 Å². The van der Waals surface area contributed by atoms with Crippen LogP contribution in [0.1, 0.15) is 6.92 Å². The SMILES string of the molecule is CC(O)[C@H](NS(C)(=O)=O)C(=O)O.